The van der Waals surface area contributed by atoms with Crippen LogP contribution in [0.1, 0.15) is 17.6 Å². The molecule has 30 heavy (non-hydrogen) atoms. The Bertz CT molecular complexity index is 1150. The number of benzene rings is 2. The number of rotatable bonds is 5. The van der Waals surface area contributed by atoms with Crippen molar-refractivity contribution in [3.05, 3.63) is 71.2 Å². The molecule has 1 fully saturated rings. The van der Waals surface area contributed by atoms with Gasteiger partial charge in [0, 0.05) is 21.6 Å². The second-order valence-corrected chi connectivity index (χ2v) is 10.2. The van der Waals surface area contributed by atoms with Gasteiger partial charge < -0.3 is 14.8 Å². The van der Waals surface area contributed by atoms with E-state index in [4.69, 9.17) is 26.4 Å². The quantitative estimate of drug-likeness (QED) is 0.372. The van der Waals surface area contributed by atoms with Crippen molar-refractivity contribution in [3.8, 4) is 0 Å². The second kappa shape index (κ2) is 8.53. The summed E-state index contributed by atoms with van der Waals surface area (Å²) in [6.07, 6.45) is 1.99. The van der Waals surface area contributed by atoms with E-state index in [1.54, 1.807) is 36.4 Å². The minimum atomic E-state index is -3.79. The number of nitrogens with two attached hydrogens (primary N) is 1. The zero-order chi connectivity index (χ0) is 21.3. The Labute approximate surface area is 183 Å². The van der Waals surface area contributed by atoms with Crippen molar-refractivity contribution >= 4 is 57.9 Å². The molecule has 0 spiro atoms. The Morgan fingerprint density at radius 2 is 2.03 bits per heavy atom. The molecule has 9 heteroatoms. The summed E-state index contributed by atoms with van der Waals surface area (Å²) in [5.74, 6) is -0.472. The summed E-state index contributed by atoms with van der Waals surface area (Å²) in [5, 5.41) is 3.08. The van der Waals surface area contributed by atoms with Crippen molar-refractivity contribution in [2.75, 3.05) is 23.8 Å². The topological polar surface area (TPSA) is 81.9 Å². The average molecular weight is 463 g/mol. The van der Waals surface area contributed by atoms with Gasteiger partial charge in [0.2, 0.25) is 0 Å². The van der Waals surface area contributed by atoms with Gasteiger partial charge in [0.1, 0.15) is 0 Å². The van der Waals surface area contributed by atoms with Crippen molar-refractivity contribution in [2.24, 2.45) is 0 Å². The van der Waals surface area contributed by atoms with E-state index >= 15 is 0 Å². The maximum atomic E-state index is 13.8. The highest BCUT2D eigenvalue weighted by atomic mass is 35.5. The van der Waals surface area contributed by atoms with Gasteiger partial charge in [-0.3, -0.25) is 14.3 Å². The van der Waals surface area contributed by atoms with Gasteiger partial charge in [-0.2, -0.15) is 0 Å². The van der Waals surface area contributed by atoms with Crippen LogP contribution >= 0.6 is 30.5 Å². The standard InChI is InChI=1S/C21H20ClN2O4PS/c1-2-24(16-6-3-5-15(23)12-16)21(25)20(29(26)27-9-4-10-28-29)18-13-30-19-8-7-14(22)11-17(18)19/h2-3,5-8,11-13,20H,1,4,9-10,23H2. The molecule has 0 radical (unpaired) electrons. The molecule has 0 bridgehead atoms. The summed E-state index contributed by atoms with van der Waals surface area (Å²) >= 11 is 7.64. The summed E-state index contributed by atoms with van der Waals surface area (Å²) in [4.78, 5) is 15.1. The van der Waals surface area contributed by atoms with E-state index < -0.39 is 19.2 Å². The fourth-order valence-corrected chi connectivity index (χ4v) is 6.76. The second-order valence-electron chi connectivity index (χ2n) is 6.78. The molecule has 1 aliphatic heterocycles. The normalized spacial score (nSPS) is 16.8. The zero-order valence-corrected chi connectivity index (χ0v) is 18.5. The van der Waals surface area contributed by atoms with Crippen LogP contribution in [0.4, 0.5) is 11.4 Å². The van der Waals surface area contributed by atoms with Gasteiger partial charge in [0.15, 0.2) is 5.66 Å². The average Bonchev–Trinajstić information content (AvgIpc) is 3.12. The molecule has 2 N–H and O–H groups in total. The predicted octanol–water partition coefficient (Wildman–Crippen LogP) is 5.98. The van der Waals surface area contributed by atoms with Gasteiger partial charge in [0.05, 0.1) is 18.9 Å². The third-order valence-corrected chi connectivity index (χ3v) is 8.24. The van der Waals surface area contributed by atoms with Crippen LogP contribution in [-0.2, 0) is 18.4 Å². The Balaban J connectivity index is 1.86. The fourth-order valence-electron chi connectivity index (χ4n) is 3.43. The molecule has 2 aromatic carbocycles. The van der Waals surface area contributed by atoms with Crippen LogP contribution in [0.15, 0.2) is 60.6 Å². The Kier molecular flexibility index (Phi) is 6.00. The van der Waals surface area contributed by atoms with Gasteiger partial charge in [-0.25, -0.2) is 0 Å². The summed E-state index contributed by atoms with van der Waals surface area (Å²) in [7, 11) is -3.79. The Hall–Kier alpha value is -2.15. The number of anilines is 2. The van der Waals surface area contributed by atoms with Gasteiger partial charge in [-0.15, -0.1) is 11.3 Å². The third-order valence-electron chi connectivity index (χ3n) is 4.81. The summed E-state index contributed by atoms with van der Waals surface area (Å²) < 4.78 is 25.9. The maximum absolute atomic E-state index is 13.8. The van der Waals surface area contributed by atoms with E-state index in [0.717, 1.165) is 10.1 Å². The number of fused-ring (bicyclic) bond motifs is 1. The highest BCUT2D eigenvalue weighted by Crippen LogP contribution is 2.64. The van der Waals surface area contributed by atoms with Gasteiger partial charge in [0.25, 0.3) is 5.91 Å². The molecule has 1 aromatic heterocycles. The van der Waals surface area contributed by atoms with Crippen LogP contribution in [0, 0.1) is 0 Å². The number of halogens is 1. The van der Waals surface area contributed by atoms with E-state index in [0.29, 0.717) is 28.4 Å². The van der Waals surface area contributed by atoms with Crippen LogP contribution in [0.5, 0.6) is 0 Å². The number of hydrogen-bond donors (Lipinski definition) is 1. The first-order valence-corrected chi connectivity index (χ1v) is 12.2. The van der Waals surface area contributed by atoms with Crippen LogP contribution in [0.3, 0.4) is 0 Å². The summed E-state index contributed by atoms with van der Waals surface area (Å²) in [5.41, 5.74) is 6.30. The first kappa shape index (κ1) is 21.1. The van der Waals surface area contributed by atoms with Gasteiger partial charge >= 0.3 is 7.60 Å². The van der Waals surface area contributed by atoms with Crippen LogP contribution in [0.25, 0.3) is 10.1 Å². The van der Waals surface area contributed by atoms with Crippen molar-refractivity contribution in [2.45, 2.75) is 12.1 Å². The molecule has 0 aliphatic carbocycles. The number of carbonyl (C=O) groups excluding carboxylic acids is 1. The molecule has 1 aliphatic rings. The molecule has 1 saturated heterocycles. The zero-order valence-electron chi connectivity index (χ0n) is 16.0. The largest absolute Gasteiger partial charge is 0.399 e. The number of hydrogen-bond acceptors (Lipinski definition) is 6. The summed E-state index contributed by atoms with van der Waals surface area (Å²) in [6.45, 7) is 4.29. The van der Waals surface area contributed by atoms with Crippen molar-refractivity contribution in [1.82, 2.24) is 0 Å². The molecular weight excluding hydrogens is 443 g/mol. The lowest BCUT2D eigenvalue weighted by Gasteiger charge is -2.32. The predicted molar refractivity (Wildman–Crippen MR) is 122 cm³/mol. The molecule has 6 nitrogen and oxygen atoms in total. The van der Waals surface area contributed by atoms with E-state index in [1.165, 1.54) is 22.4 Å². The number of thiophene rings is 1. The van der Waals surface area contributed by atoms with Crippen molar-refractivity contribution in [3.63, 3.8) is 0 Å². The van der Waals surface area contributed by atoms with E-state index in [9.17, 15) is 9.36 Å². The molecule has 1 unspecified atom stereocenters. The highest BCUT2D eigenvalue weighted by molar-refractivity contribution is 7.55. The minimum absolute atomic E-state index is 0.260. The summed E-state index contributed by atoms with van der Waals surface area (Å²) in [6, 6.07) is 12.2. The molecule has 4 rings (SSSR count). The van der Waals surface area contributed by atoms with Crippen LogP contribution in [0.2, 0.25) is 5.02 Å². The first-order valence-electron chi connectivity index (χ1n) is 9.29. The smallest absolute Gasteiger partial charge is 0.347 e. The molecule has 1 amide bonds. The monoisotopic (exact) mass is 462 g/mol. The molecular formula is C21H20ClN2O4PS. The molecule has 2 heterocycles. The lowest BCUT2D eigenvalue weighted by Crippen LogP contribution is -2.32. The highest BCUT2D eigenvalue weighted by Gasteiger charge is 2.47. The van der Waals surface area contributed by atoms with Crippen molar-refractivity contribution < 1.29 is 18.4 Å². The first-order chi connectivity index (χ1) is 14.4. The molecule has 3 aromatic rings. The van der Waals surface area contributed by atoms with Crippen LogP contribution in [-0.4, -0.2) is 19.1 Å². The lowest BCUT2D eigenvalue weighted by atomic mass is 10.1. The van der Waals surface area contributed by atoms with Crippen molar-refractivity contribution in [1.29, 1.82) is 0 Å². The molecule has 156 valence electrons. The van der Waals surface area contributed by atoms with E-state index in [2.05, 4.69) is 6.58 Å². The van der Waals surface area contributed by atoms with Crippen LogP contribution < -0.4 is 10.6 Å². The van der Waals surface area contributed by atoms with Gasteiger partial charge in [-0.1, -0.05) is 24.2 Å². The Morgan fingerprint density at radius 3 is 2.73 bits per heavy atom. The third kappa shape index (κ3) is 3.92. The van der Waals surface area contributed by atoms with E-state index in [-0.39, 0.29) is 13.2 Å². The van der Waals surface area contributed by atoms with E-state index in [1.807, 2.05) is 11.4 Å². The molecule has 0 saturated carbocycles. The Morgan fingerprint density at radius 1 is 1.27 bits per heavy atom. The minimum Gasteiger partial charge on any atom is -0.399 e. The maximum Gasteiger partial charge on any atom is 0.347 e. The lowest BCUT2D eigenvalue weighted by molar-refractivity contribution is -0.118. The van der Waals surface area contributed by atoms with Gasteiger partial charge in [-0.05, 0) is 59.1 Å². The number of amides is 1. The SMILES string of the molecule is C=CN(C(=O)C(c1csc2ccc(Cl)cc12)P1(=O)OCCCO1)c1cccc(N)c1. The number of carbonyl (C=O) groups is 1. The fraction of sp³-hybridized carbons (Fsp3) is 0.190. The number of nitrogens with zero attached hydrogens (tertiary/aromatic N) is 1. The number of nitrogen functional groups attached to an aromatic ring is 1. The molecule has 1 atom stereocenters.